The third-order valence-corrected chi connectivity index (χ3v) is 6.34. The lowest BCUT2D eigenvalue weighted by Crippen LogP contribution is -2.56. The van der Waals surface area contributed by atoms with Crippen molar-refractivity contribution in [1.82, 2.24) is 10.2 Å². The van der Waals surface area contributed by atoms with E-state index in [0.29, 0.717) is 28.3 Å². The van der Waals surface area contributed by atoms with Gasteiger partial charge >= 0.3 is 0 Å². The van der Waals surface area contributed by atoms with Gasteiger partial charge in [0.1, 0.15) is 0 Å². The minimum absolute atomic E-state index is 0.426. The molecule has 2 aliphatic rings. The first kappa shape index (κ1) is 18.7. The average molecular weight is 400 g/mol. The average Bonchev–Trinajstić information content (AvgIpc) is 2.65. The van der Waals surface area contributed by atoms with Gasteiger partial charge in [-0.1, -0.05) is 60.5 Å². The molecule has 4 rings (SSSR count). The molecule has 0 amide bonds. The first-order valence-corrected chi connectivity index (χ1v) is 10.6. The first-order chi connectivity index (χ1) is 13.2. The maximum absolute atomic E-state index is 6.23. The molecule has 2 aromatic rings. The second kappa shape index (κ2) is 8.59. The number of piperidine rings is 2. The fourth-order valence-corrected chi connectivity index (χ4v) is 5.01. The Balaban J connectivity index is 1.37. The van der Waals surface area contributed by atoms with Gasteiger partial charge in [0.05, 0.1) is 10.7 Å². The van der Waals surface area contributed by atoms with E-state index < -0.39 is 0 Å². The Morgan fingerprint density at radius 1 is 1.00 bits per heavy atom. The Morgan fingerprint density at radius 2 is 1.67 bits per heavy atom. The summed E-state index contributed by atoms with van der Waals surface area (Å²) in [6.07, 6.45) is 6.20. The first-order valence-electron chi connectivity index (χ1n) is 9.81. The molecule has 2 N–H and O–H groups in total. The maximum atomic E-state index is 6.23. The van der Waals surface area contributed by atoms with Gasteiger partial charge in [-0.2, -0.15) is 0 Å². The number of halogens is 1. The number of hydrogen-bond donors (Lipinski definition) is 2. The molecule has 2 unspecified atom stereocenters. The number of fused-ring (bicyclic) bond motifs is 2. The number of anilines is 1. The van der Waals surface area contributed by atoms with Gasteiger partial charge in [-0.05, 0) is 55.6 Å². The zero-order valence-corrected chi connectivity index (χ0v) is 17.0. The highest BCUT2D eigenvalue weighted by Crippen LogP contribution is 2.35. The van der Waals surface area contributed by atoms with Gasteiger partial charge in [0, 0.05) is 24.7 Å². The quantitative estimate of drug-likeness (QED) is 0.690. The lowest BCUT2D eigenvalue weighted by Gasteiger charge is -2.49. The van der Waals surface area contributed by atoms with E-state index in [-0.39, 0.29) is 0 Å². The summed E-state index contributed by atoms with van der Waals surface area (Å²) in [6.45, 7) is 1.06. The molecule has 2 aliphatic heterocycles. The Labute approximate surface area is 172 Å². The van der Waals surface area contributed by atoms with Gasteiger partial charge in [0.25, 0.3) is 0 Å². The topological polar surface area (TPSA) is 27.3 Å². The summed E-state index contributed by atoms with van der Waals surface area (Å²) >= 11 is 11.8. The van der Waals surface area contributed by atoms with E-state index in [9.17, 15) is 0 Å². The summed E-state index contributed by atoms with van der Waals surface area (Å²) in [5, 5.41) is 8.15. The van der Waals surface area contributed by atoms with Crippen molar-refractivity contribution in [2.75, 3.05) is 5.32 Å². The summed E-state index contributed by atoms with van der Waals surface area (Å²) in [5.74, 6) is 0. The molecule has 0 saturated carbocycles. The molecule has 27 heavy (non-hydrogen) atoms. The van der Waals surface area contributed by atoms with Crippen LogP contribution < -0.4 is 10.6 Å². The smallest absolute Gasteiger partial charge is 0.171 e. The zero-order valence-electron chi connectivity index (χ0n) is 15.4. The minimum atomic E-state index is 0.426. The minimum Gasteiger partial charge on any atom is -0.360 e. The molecular formula is C22H26ClN3S. The summed E-state index contributed by atoms with van der Waals surface area (Å²) in [4.78, 5) is 2.72. The molecule has 0 radical (unpaired) electrons. The van der Waals surface area contributed by atoms with E-state index in [2.05, 4.69) is 45.9 Å². The summed E-state index contributed by atoms with van der Waals surface area (Å²) in [7, 11) is 0. The number of benzene rings is 2. The van der Waals surface area contributed by atoms with E-state index in [0.717, 1.165) is 25.1 Å². The van der Waals surface area contributed by atoms with Crippen molar-refractivity contribution in [1.29, 1.82) is 0 Å². The van der Waals surface area contributed by atoms with Crippen molar-refractivity contribution in [3.8, 4) is 0 Å². The number of hydrogen-bond acceptors (Lipinski definition) is 2. The fraction of sp³-hybridized carbons (Fsp3) is 0.409. The number of rotatable bonds is 4. The monoisotopic (exact) mass is 399 g/mol. The van der Waals surface area contributed by atoms with Crippen LogP contribution in [0.5, 0.6) is 0 Å². The van der Waals surface area contributed by atoms with E-state index in [1.807, 2.05) is 24.3 Å². The molecule has 2 aromatic carbocycles. The van der Waals surface area contributed by atoms with Crippen molar-refractivity contribution in [2.24, 2.45) is 0 Å². The molecule has 0 spiro atoms. The van der Waals surface area contributed by atoms with E-state index in [1.54, 1.807) is 0 Å². The van der Waals surface area contributed by atoms with Crippen molar-refractivity contribution < 1.29 is 0 Å². The Kier molecular flexibility index (Phi) is 5.96. The van der Waals surface area contributed by atoms with Gasteiger partial charge in [0.15, 0.2) is 5.11 Å². The number of thiocarbonyl (C=S) groups is 1. The molecular weight excluding hydrogens is 374 g/mol. The Morgan fingerprint density at radius 3 is 2.37 bits per heavy atom. The maximum Gasteiger partial charge on any atom is 0.171 e. The van der Waals surface area contributed by atoms with Crippen molar-refractivity contribution in [3.63, 3.8) is 0 Å². The molecule has 2 heterocycles. The van der Waals surface area contributed by atoms with Crippen molar-refractivity contribution in [3.05, 3.63) is 65.2 Å². The van der Waals surface area contributed by atoms with Crippen LogP contribution in [-0.4, -0.2) is 28.1 Å². The van der Waals surface area contributed by atoms with Crippen LogP contribution in [0.15, 0.2) is 54.6 Å². The van der Waals surface area contributed by atoms with E-state index in [1.165, 1.54) is 24.8 Å². The Hall–Kier alpha value is -1.62. The van der Waals surface area contributed by atoms with Gasteiger partial charge in [-0.15, -0.1) is 0 Å². The van der Waals surface area contributed by atoms with Crippen LogP contribution in [0.25, 0.3) is 0 Å². The molecule has 0 aromatic heterocycles. The van der Waals surface area contributed by atoms with Crippen molar-refractivity contribution in [2.45, 2.75) is 56.8 Å². The van der Waals surface area contributed by atoms with Crippen LogP contribution >= 0.6 is 23.8 Å². The molecule has 5 heteroatoms. The highest BCUT2D eigenvalue weighted by atomic mass is 35.5. The SMILES string of the molecule is S=C(Nc1ccccc1Cl)NC1CC2CCCC(C1)N2Cc1ccccc1. The van der Waals surface area contributed by atoms with Gasteiger partial charge in [0.2, 0.25) is 0 Å². The molecule has 142 valence electrons. The summed E-state index contributed by atoms with van der Waals surface area (Å²) < 4.78 is 0. The predicted molar refractivity (Wildman–Crippen MR) is 117 cm³/mol. The van der Waals surface area contributed by atoms with Crippen LogP contribution in [0.3, 0.4) is 0 Å². The van der Waals surface area contributed by atoms with Gasteiger partial charge in [-0.25, -0.2) is 0 Å². The van der Waals surface area contributed by atoms with Crippen LogP contribution in [0.4, 0.5) is 5.69 Å². The number of para-hydroxylation sites is 1. The number of nitrogens with zero attached hydrogens (tertiary/aromatic N) is 1. The highest BCUT2D eigenvalue weighted by Gasteiger charge is 2.38. The van der Waals surface area contributed by atoms with E-state index in [4.69, 9.17) is 23.8 Å². The second-order valence-electron chi connectivity index (χ2n) is 7.64. The molecule has 2 atom stereocenters. The number of nitrogens with one attached hydrogen (secondary N) is 2. The second-order valence-corrected chi connectivity index (χ2v) is 8.46. The predicted octanol–water partition coefficient (Wildman–Crippen LogP) is 5.21. The van der Waals surface area contributed by atoms with Gasteiger partial charge in [-0.3, -0.25) is 4.90 Å². The molecule has 3 nitrogen and oxygen atoms in total. The summed E-state index contributed by atoms with van der Waals surface area (Å²) in [6, 6.07) is 20.3. The third kappa shape index (κ3) is 4.63. The van der Waals surface area contributed by atoms with Gasteiger partial charge < -0.3 is 10.6 Å². The van der Waals surface area contributed by atoms with Crippen LogP contribution in [-0.2, 0) is 6.54 Å². The molecule has 2 bridgehead atoms. The van der Waals surface area contributed by atoms with E-state index >= 15 is 0 Å². The summed E-state index contributed by atoms with van der Waals surface area (Å²) in [5.41, 5.74) is 2.27. The molecule has 2 fully saturated rings. The Bertz CT molecular complexity index is 768. The lowest BCUT2D eigenvalue weighted by atomic mass is 9.81. The van der Waals surface area contributed by atoms with Crippen molar-refractivity contribution >= 4 is 34.6 Å². The largest absolute Gasteiger partial charge is 0.360 e. The normalized spacial score (nSPS) is 25.0. The highest BCUT2D eigenvalue weighted by molar-refractivity contribution is 7.80. The lowest BCUT2D eigenvalue weighted by molar-refractivity contribution is 0.0212. The molecule has 0 aliphatic carbocycles. The van der Waals surface area contributed by atoms with Crippen LogP contribution in [0, 0.1) is 0 Å². The molecule has 2 saturated heterocycles. The van der Waals surface area contributed by atoms with Crippen LogP contribution in [0.2, 0.25) is 5.02 Å². The third-order valence-electron chi connectivity index (χ3n) is 5.79. The fourth-order valence-electron chi connectivity index (χ4n) is 4.56. The standard InChI is InChI=1S/C22H26ClN3S/c23-20-11-4-5-12-21(20)25-22(27)24-17-13-18-9-6-10-19(14-17)26(18)15-16-7-2-1-3-8-16/h1-5,7-8,11-12,17-19H,6,9-10,13-15H2,(H2,24,25,27). The van der Waals surface area contributed by atoms with Crippen LogP contribution in [0.1, 0.15) is 37.7 Å². The zero-order chi connectivity index (χ0) is 18.6.